The summed E-state index contributed by atoms with van der Waals surface area (Å²) in [7, 11) is 2.07. The van der Waals surface area contributed by atoms with Crippen molar-refractivity contribution in [1.82, 2.24) is 0 Å². The molecule has 2 aromatic heterocycles. The molecule has 162 valence electrons. The fraction of sp³-hybridized carbons (Fsp3) is 0.0968. The van der Waals surface area contributed by atoms with Gasteiger partial charge in [0.15, 0.2) is 6.20 Å². The van der Waals surface area contributed by atoms with Crippen LogP contribution < -0.4 is 4.57 Å². The molecule has 0 fully saturated rings. The summed E-state index contributed by atoms with van der Waals surface area (Å²) in [6.07, 6.45) is 2.13. The Hall–Kier alpha value is -4.42. The number of nitriles is 1. The Morgan fingerprint density at radius 3 is 2.41 bits per heavy atom. The van der Waals surface area contributed by atoms with Gasteiger partial charge in [0, 0.05) is 28.0 Å². The van der Waals surface area contributed by atoms with E-state index in [1.54, 1.807) is 0 Å². The maximum atomic E-state index is 9.80. The predicted octanol–water partition coefficient (Wildman–Crippen LogP) is 7.39. The molecule has 0 radical (unpaired) electrons. The molecule has 6 rings (SSSR count). The topological polar surface area (TPSA) is 40.8 Å². The standard InChI is InChI=1S/C31H23N2O/c1-19-8-13-28(33(3)18-19)29-20(2)9-12-25-27-15-21(17-32)14-26(30(27)34-31(25)29)24-11-10-22-6-4-5-7-23(22)16-24/h4-16,18H,1-3H3/q+1. The minimum absolute atomic E-state index is 0.626. The fourth-order valence-corrected chi connectivity index (χ4v) is 5.00. The molecule has 0 atom stereocenters. The van der Waals surface area contributed by atoms with Gasteiger partial charge in [-0.25, -0.2) is 4.57 Å². The van der Waals surface area contributed by atoms with Gasteiger partial charge in [0.05, 0.1) is 17.2 Å². The number of pyridine rings is 1. The lowest BCUT2D eigenvalue weighted by Crippen LogP contribution is -2.31. The number of fused-ring (bicyclic) bond motifs is 4. The van der Waals surface area contributed by atoms with E-state index in [4.69, 9.17) is 4.42 Å². The number of aromatic nitrogens is 1. The monoisotopic (exact) mass is 439 g/mol. The maximum Gasteiger partial charge on any atom is 0.216 e. The molecule has 6 aromatic rings. The van der Waals surface area contributed by atoms with Crippen LogP contribution in [0.1, 0.15) is 16.7 Å². The van der Waals surface area contributed by atoms with E-state index in [2.05, 4.69) is 92.3 Å². The molecule has 3 heteroatoms. The van der Waals surface area contributed by atoms with Crippen LogP contribution in [0, 0.1) is 25.2 Å². The first-order valence-corrected chi connectivity index (χ1v) is 11.4. The van der Waals surface area contributed by atoms with Gasteiger partial charge >= 0.3 is 0 Å². The van der Waals surface area contributed by atoms with Crippen molar-refractivity contribution in [2.24, 2.45) is 7.05 Å². The highest BCUT2D eigenvalue weighted by Gasteiger charge is 2.22. The van der Waals surface area contributed by atoms with E-state index in [0.717, 1.165) is 55.3 Å². The van der Waals surface area contributed by atoms with Crippen LogP contribution in [-0.4, -0.2) is 0 Å². The van der Waals surface area contributed by atoms with E-state index in [-0.39, 0.29) is 0 Å². The van der Waals surface area contributed by atoms with Crippen LogP contribution in [0.25, 0.3) is 55.1 Å². The second kappa shape index (κ2) is 7.57. The number of benzene rings is 4. The van der Waals surface area contributed by atoms with Gasteiger partial charge in [-0.1, -0.05) is 48.5 Å². The minimum atomic E-state index is 0.626. The lowest BCUT2D eigenvalue weighted by Gasteiger charge is -2.06. The molecule has 0 aliphatic heterocycles. The summed E-state index contributed by atoms with van der Waals surface area (Å²) in [5.74, 6) is 0. The second-order valence-corrected chi connectivity index (χ2v) is 9.01. The van der Waals surface area contributed by atoms with Crippen LogP contribution in [-0.2, 0) is 7.05 Å². The van der Waals surface area contributed by atoms with Crippen molar-refractivity contribution in [2.75, 3.05) is 0 Å². The van der Waals surface area contributed by atoms with E-state index in [1.807, 2.05) is 24.3 Å². The highest BCUT2D eigenvalue weighted by Crippen LogP contribution is 2.41. The zero-order valence-corrected chi connectivity index (χ0v) is 19.4. The highest BCUT2D eigenvalue weighted by atomic mass is 16.3. The summed E-state index contributed by atoms with van der Waals surface area (Å²) in [4.78, 5) is 0. The third-order valence-electron chi connectivity index (χ3n) is 6.68. The largest absolute Gasteiger partial charge is 0.454 e. The van der Waals surface area contributed by atoms with Crippen LogP contribution in [0.3, 0.4) is 0 Å². The Morgan fingerprint density at radius 2 is 1.62 bits per heavy atom. The average Bonchev–Trinajstić information content (AvgIpc) is 3.22. The molecule has 4 aromatic carbocycles. The molecule has 0 saturated heterocycles. The SMILES string of the molecule is Cc1ccc(-c2c(C)ccc3c2oc2c(-c4ccc5ccccc5c4)cc(C#N)cc23)[n+](C)c1. The lowest BCUT2D eigenvalue weighted by molar-refractivity contribution is -0.660. The Morgan fingerprint density at radius 1 is 0.794 bits per heavy atom. The minimum Gasteiger partial charge on any atom is -0.454 e. The van der Waals surface area contributed by atoms with Crippen LogP contribution in [0.2, 0.25) is 0 Å². The van der Waals surface area contributed by atoms with Crippen LogP contribution in [0.15, 0.2) is 89.5 Å². The van der Waals surface area contributed by atoms with E-state index < -0.39 is 0 Å². The first-order valence-electron chi connectivity index (χ1n) is 11.4. The van der Waals surface area contributed by atoms with Gasteiger partial charge in [0.1, 0.15) is 18.2 Å². The molecule has 0 amide bonds. The first-order chi connectivity index (χ1) is 16.5. The molecule has 0 saturated carbocycles. The molecule has 0 N–H and O–H groups in total. The normalized spacial score (nSPS) is 11.4. The summed E-state index contributed by atoms with van der Waals surface area (Å²) >= 11 is 0. The zero-order valence-electron chi connectivity index (χ0n) is 19.4. The summed E-state index contributed by atoms with van der Waals surface area (Å²) < 4.78 is 8.83. The lowest BCUT2D eigenvalue weighted by atomic mass is 9.96. The summed E-state index contributed by atoms with van der Waals surface area (Å²) in [6, 6.07) is 29.5. The Labute approximate surface area is 198 Å². The maximum absolute atomic E-state index is 9.80. The van der Waals surface area contributed by atoms with Crippen molar-refractivity contribution < 1.29 is 8.98 Å². The van der Waals surface area contributed by atoms with Gasteiger partial charge < -0.3 is 4.42 Å². The van der Waals surface area contributed by atoms with Crippen LogP contribution in [0.5, 0.6) is 0 Å². The van der Waals surface area contributed by atoms with Gasteiger partial charge in [-0.3, -0.25) is 0 Å². The van der Waals surface area contributed by atoms with E-state index in [1.165, 1.54) is 10.9 Å². The third kappa shape index (κ3) is 3.08. The first kappa shape index (κ1) is 20.2. The van der Waals surface area contributed by atoms with Crippen LogP contribution in [0.4, 0.5) is 0 Å². The second-order valence-electron chi connectivity index (χ2n) is 9.01. The predicted molar refractivity (Wildman–Crippen MR) is 137 cm³/mol. The van der Waals surface area contributed by atoms with Crippen molar-refractivity contribution in [1.29, 1.82) is 5.26 Å². The van der Waals surface area contributed by atoms with Gasteiger partial charge in [-0.05, 0) is 60.0 Å². The molecule has 0 unspecified atom stereocenters. The quantitative estimate of drug-likeness (QED) is 0.264. The molecule has 3 nitrogen and oxygen atoms in total. The van der Waals surface area contributed by atoms with Crippen molar-refractivity contribution >= 4 is 32.7 Å². The van der Waals surface area contributed by atoms with E-state index >= 15 is 0 Å². The molecule has 0 aliphatic rings. The summed E-state index contributed by atoms with van der Waals surface area (Å²) in [6.45, 7) is 4.21. The third-order valence-corrected chi connectivity index (χ3v) is 6.68. The fourth-order valence-electron chi connectivity index (χ4n) is 5.00. The van der Waals surface area contributed by atoms with Crippen molar-refractivity contribution in [3.63, 3.8) is 0 Å². The molecule has 0 bridgehead atoms. The van der Waals surface area contributed by atoms with Crippen LogP contribution >= 0.6 is 0 Å². The van der Waals surface area contributed by atoms with Crippen molar-refractivity contribution in [3.05, 3.63) is 102 Å². The van der Waals surface area contributed by atoms with E-state index in [0.29, 0.717) is 5.56 Å². The summed E-state index contributed by atoms with van der Waals surface area (Å²) in [5, 5.41) is 14.1. The molecular weight excluding hydrogens is 416 g/mol. The number of hydrogen-bond donors (Lipinski definition) is 0. The molecule has 34 heavy (non-hydrogen) atoms. The number of aryl methyl sites for hydroxylation is 3. The molecule has 0 spiro atoms. The summed E-state index contributed by atoms with van der Waals surface area (Å²) in [5.41, 5.74) is 8.81. The average molecular weight is 440 g/mol. The Kier molecular flexibility index (Phi) is 4.50. The molecule has 0 aliphatic carbocycles. The molecule has 2 heterocycles. The van der Waals surface area contributed by atoms with Crippen molar-refractivity contribution in [3.8, 4) is 28.5 Å². The number of nitrogens with zero attached hydrogens (tertiary/aromatic N) is 2. The molecular formula is C31H23N2O+. The Balaban J connectivity index is 1.70. The Bertz CT molecular complexity index is 1800. The van der Waals surface area contributed by atoms with Gasteiger partial charge in [0.2, 0.25) is 5.69 Å². The van der Waals surface area contributed by atoms with Crippen molar-refractivity contribution in [2.45, 2.75) is 13.8 Å². The smallest absolute Gasteiger partial charge is 0.216 e. The number of furan rings is 1. The van der Waals surface area contributed by atoms with Gasteiger partial charge in [-0.15, -0.1) is 0 Å². The zero-order chi connectivity index (χ0) is 23.4. The number of rotatable bonds is 2. The van der Waals surface area contributed by atoms with E-state index in [9.17, 15) is 5.26 Å². The number of hydrogen-bond acceptors (Lipinski definition) is 2. The van der Waals surface area contributed by atoms with Gasteiger partial charge in [0.25, 0.3) is 0 Å². The highest BCUT2D eigenvalue weighted by molar-refractivity contribution is 6.14. The van der Waals surface area contributed by atoms with Gasteiger partial charge in [-0.2, -0.15) is 5.26 Å².